The van der Waals surface area contributed by atoms with E-state index in [0.29, 0.717) is 12.1 Å². The van der Waals surface area contributed by atoms with Gasteiger partial charge in [-0.3, -0.25) is 4.79 Å². The van der Waals surface area contributed by atoms with Crippen molar-refractivity contribution in [1.82, 2.24) is 4.90 Å². The van der Waals surface area contributed by atoms with Crippen LogP contribution in [-0.2, 0) is 16.1 Å². The zero-order valence-electron chi connectivity index (χ0n) is 10.1. The number of nitrogens with zero attached hydrogens (tertiary/aromatic N) is 1. The van der Waals surface area contributed by atoms with Crippen molar-refractivity contribution < 1.29 is 14.6 Å². The first-order valence-corrected chi connectivity index (χ1v) is 5.34. The first kappa shape index (κ1) is 13.5. The lowest BCUT2D eigenvalue weighted by Gasteiger charge is -2.22. The van der Waals surface area contributed by atoms with E-state index in [1.54, 1.807) is 25.2 Å². The van der Waals surface area contributed by atoms with Crippen LogP contribution < -0.4 is 5.73 Å². The van der Waals surface area contributed by atoms with E-state index in [0.717, 1.165) is 0 Å². The molecule has 0 aliphatic carbocycles. The Bertz CT molecular complexity index is 378. The van der Waals surface area contributed by atoms with Crippen molar-refractivity contribution in [2.45, 2.75) is 12.6 Å². The molecule has 0 saturated carbocycles. The molecule has 0 spiro atoms. The number of likely N-dealkylation sites (N-methyl/N-ethyl adjacent to an activating group) is 1. The number of ether oxygens (including phenoxy) is 1. The summed E-state index contributed by atoms with van der Waals surface area (Å²) in [5, 5.41) is 9.60. The third kappa shape index (κ3) is 3.44. The predicted molar refractivity (Wildman–Crippen MR) is 64.4 cm³/mol. The largest absolute Gasteiger partial charge is 0.508 e. The molecule has 0 fully saturated rings. The number of benzene rings is 1. The quantitative estimate of drug-likeness (QED) is 0.775. The smallest absolute Gasteiger partial charge is 0.253 e. The molecule has 1 unspecified atom stereocenters. The van der Waals surface area contributed by atoms with Crippen LogP contribution in [-0.4, -0.2) is 42.7 Å². The van der Waals surface area contributed by atoms with Gasteiger partial charge < -0.3 is 20.5 Å². The van der Waals surface area contributed by atoms with Crippen LogP contribution in [0.15, 0.2) is 24.3 Å². The summed E-state index contributed by atoms with van der Waals surface area (Å²) in [7, 11) is 3.10. The van der Waals surface area contributed by atoms with Crippen LogP contribution in [0.4, 0.5) is 0 Å². The molecule has 5 nitrogen and oxygen atoms in total. The molecule has 0 radical (unpaired) electrons. The van der Waals surface area contributed by atoms with Crippen molar-refractivity contribution >= 4 is 5.91 Å². The Morgan fingerprint density at radius 1 is 1.53 bits per heavy atom. The second-order valence-electron chi connectivity index (χ2n) is 3.78. The summed E-state index contributed by atoms with van der Waals surface area (Å²) in [4.78, 5) is 13.3. The van der Waals surface area contributed by atoms with Gasteiger partial charge in [0.05, 0.1) is 0 Å². The molecule has 0 aliphatic rings. The molecule has 1 aromatic carbocycles. The van der Waals surface area contributed by atoms with Crippen LogP contribution in [0.1, 0.15) is 5.56 Å². The highest BCUT2D eigenvalue weighted by Crippen LogP contribution is 2.17. The molecule has 1 amide bonds. The Kier molecular flexibility index (Phi) is 4.93. The Morgan fingerprint density at radius 2 is 2.18 bits per heavy atom. The van der Waals surface area contributed by atoms with Gasteiger partial charge in [0.15, 0.2) is 0 Å². The van der Waals surface area contributed by atoms with Gasteiger partial charge in [0.1, 0.15) is 11.9 Å². The maximum atomic E-state index is 11.9. The van der Waals surface area contributed by atoms with Gasteiger partial charge in [-0.25, -0.2) is 0 Å². The van der Waals surface area contributed by atoms with Crippen molar-refractivity contribution in [3.05, 3.63) is 29.8 Å². The summed E-state index contributed by atoms with van der Waals surface area (Å²) in [6, 6.07) is 6.90. The van der Waals surface area contributed by atoms with E-state index in [2.05, 4.69) is 0 Å². The highest BCUT2D eigenvalue weighted by molar-refractivity contribution is 5.81. The fourth-order valence-corrected chi connectivity index (χ4v) is 1.52. The average molecular weight is 238 g/mol. The van der Waals surface area contributed by atoms with Gasteiger partial charge in [-0.05, 0) is 6.07 Å². The molecular weight excluding hydrogens is 220 g/mol. The first-order chi connectivity index (χ1) is 8.10. The van der Waals surface area contributed by atoms with Crippen molar-refractivity contribution in [3.63, 3.8) is 0 Å². The molecule has 0 bridgehead atoms. The van der Waals surface area contributed by atoms with Gasteiger partial charge >= 0.3 is 0 Å². The van der Waals surface area contributed by atoms with E-state index in [1.165, 1.54) is 12.0 Å². The molecular formula is C12H18N2O3. The summed E-state index contributed by atoms with van der Waals surface area (Å²) in [6.45, 7) is 0.464. The van der Waals surface area contributed by atoms with Gasteiger partial charge in [0, 0.05) is 32.8 Å². The molecule has 0 aliphatic heterocycles. The van der Waals surface area contributed by atoms with Crippen LogP contribution in [0.2, 0.25) is 0 Å². The average Bonchev–Trinajstić information content (AvgIpc) is 2.33. The Balaban J connectivity index is 2.69. The summed E-state index contributed by atoms with van der Waals surface area (Å²) in [6.07, 6.45) is -0.633. The molecule has 1 atom stereocenters. The molecule has 94 valence electrons. The Labute approximate surface area is 101 Å². The summed E-state index contributed by atoms with van der Waals surface area (Å²) < 4.78 is 4.97. The topological polar surface area (TPSA) is 75.8 Å². The lowest BCUT2D eigenvalue weighted by Crippen LogP contribution is -2.41. The number of phenols is 1. The lowest BCUT2D eigenvalue weighted by atomic mass is 10.2. The number of hydrogen-bond acceptors (Lipinski definition) is 4. The minimum Gasteiger partial charge on any atom is -0.508 e. The van der Waals surface area contributed by atoms with Crippen molar-refractivity contribution in [1.29, 1.82) is 0 Å². The van der Waals surface area contributed by atoms with Crippen LogP contribution in [0.3, 0.4) is 0 Å². The number of carbonyl (C=O) groups is 1. The van der Waals surface area contributed by atoms with Crippen LogP contribution >= 0.6 is 0 Å². The minimum atomic E-state index is -0.633. The second-order valence-corrected chi connectivity index (χ2v) is 3.78. The van der Waals surface area contributed by atoms with Gasteiger partial charge in [0.2, 0.25) is 0 Å². The molecule has 0 aromatic heterocycles. The molecule has 0 heterocycles. The van der Waals surface area contributed by atoms with E-state index in [9.17, 15) is 9.90 Å². The SMILES string of the molecule is COC(CN)C(=O)N(C)Cc1ccccc1O. The monoisotopic (exact) mass is 238 g/mol. The lowest BCUT2D eigenvalue weighted by molar-refractivity contribution is -0.140. The molecule has 3 N–H and O–H groups in total. The van der Waals surface area contributed by atoms with Crippen molar-refractivity contribution in [2.24, 2.45) is 5.73 Å². The summed E-state index contributed by atoms with van der Waals surface area (Å²) >= 11 is 0. The number of carbonyl (C=O) groups excluding carboxylic acids is 1. The third-order valence-electron chi connectivity index (χ3n) is 2.55. The van der Waals surface area contributed by atoms with Gasteiger partial charge in [-0.2, -0.15) is 0 Å². The van der Waals surface area contributed by atoms with E-state index in [4.69, 9.17) is 10.5 Å². The van der Waals surface area contributed by atoms with E-state index in [-0.39, 0.29) is 18.2 Å². The minimum absolute atomic E-state index is 0.139. The van der Waals surface area contributed by atoms with Crippen molar-refractivity contribution in [3.8, 4) is 5.75 Å². The molecule has 5 heteroatoms. The summed E-state index contributed by atoms with van der Waals surface area (Å²) in [5.41, 5.74) is 6.11. The summed E-state index contributed by atoms with van der Waals surface area (Å²) in [5.74, 6) is -0.0212. The van der Waals surface area contributed by atoms with Crippen LogP contribution in [0.5, 0.6) is 5.75 Å². The Morgan fingerprint density at radius 3 is 2.71 bits per heavy atom. The number of amides is 1. The van der Waals surface area contributed by atoms with Crippen molar-refractivity contribution in [2.75, 3.05) is 20.7 Å². The number of phenolic OH excluding ortho intramolecular Hbond substituents is 1. The highest BCUT2D eigenvalue weighted by atomic mass is 16.5. The molecule has 0 saturated heterocycles. The van der Waals surface area contributed by atoms with E-state index in [1.807, 2.05) is 6.07 Å². The zero-order valence-corrected chi connectivity index (χ0v) is 10.1. The van der Waals surface area contributed by atoms with E-state index >= 15 is 0 Å². The number of para-hydroxylation sites is 1. The third-order valence-corrected chi connectivity index (χ3v) is 2.55. The normalized spacial score (nSPS) is 12.2. The second kappa shape index (κ2) is 6.22. The number of hydrogen-bond donors (Lipinski definition) is 2. The number of nitrogens with two attached hydrogens (primary N) is 1. The fourth-order valence-electron chi connectivity index (χ4n) is 1.52. The number of rotatable bonds is 5. The van der Waals surface area contributed by atoms with Crippen LogP contribution in [0, 0.1) is 0 Å². The highest BCUT2D eigenvalue weighted by Gasteiger charge is 2.20. The van der Waals surface area contributed by atoms with Gasteiger partial charge in [0.25, 0.3) is 5.91 Å². The number of aromatic hydroxyl groups is 1. The maximum Gasteiger partial charge on any atom is 0.253 e. The molecule has 17 heavy (non-hydrogen) atoms. The maximum absolute atomic E-state index is 11.9. The van der Waals surface area contributed by atoms with Gasteiger partial charge in [-0.1, -0.05) is 18.2 Å². The fraction of sp³-hybridized carbons (Fsp3) is 0.417. The molecule has 1 rings (SSSR count). The number of methoxy groups -OCH3 is 1. The predicted octanol–water partition coefficient (Wildman–Crippen LogP) is 0.324. The zero-order chi connectivity index (χ0) is 12.8. The van der Waals surface area contributed by atoms with Crippen LogP contribution in [0.25, 0.3) is 0 Å². The Hall–Kier alpha value is -1.59. The van der Waals surface area contributed by atoms with Gasteiger partial charge in [-0.15, -0.1) is 0 Å². The van der Waals surface area contributed by atoms with E-state index < -0.39 is 6.10 Å². The first-order valence-electron chi connectivity index (χ1n) is 5.34. The standard InChI is InChI=1S/C12H18N2O3/c1-14(12(16)11(7-13)17-2)8-9-5-3-4-6-10(9)15/h3-6,11,15H,7-8,13H2,1-2H3. The molecule has 1 aromatic rings.